The number of hydrogen-bond acceptors (Lipinski definition) is 3. The van der Waals surface area contributed by atoms with Crippen LogP contribution in [-0.4, -0.2) is 37.8 Å². The molecule has 0 aliphatic rings. The van der Waals surface area contributed by atoms with Crippen molar-refractivity contribution in [2.45, 2.75) is 33.6 Å². The molecular weight excluding hydrogens is 216 g/mol. The number of aliphatic hydroxyl groups excluding tert-OH is 1. The number of rotatable bonds is 9. The summed E-state index contributed by atoms with van der Waals surface area (Å²) in [6.07, 6.45) is 1.81. The normalized spacial score (nSPS) is 14.7. The van der Waals surface area contributed by atoms with E-state index in [9.17, 15) is 4.79 Å². The van der Waals surface area contributed by atoms with Gasteiger partial charge in [0, 0.05) is 25.6 Å². The third-order valence-corrected chi connectivity index (χ3v) is 2.86. The lowest BCUT2D eigenvalue weighted by Crippen LogP contribution is -2.37. The van der Waals surface area contributed by atoms with Crippen molar-refractivity contribution in [2.24, 2.45) is 17.8 Å². The first kappa shape index (κ1) is 16.4. The van der Waals surface area contributed by atoms with Gasteiger partial charge in [-0.15, -0.1) is 0 Å². The summed E-state index contributed by atoms with van der Waals surface area (Å²) in [6, 6.07) is 0. The minimum absolute atomic E-state index is 0.00572. The van der Waals surface area contributed by atoms with Crippen molar-refractivity contribution in [3.8, 4) is 0 Å². The number of aliphatic hydroxyl groups is 1. The number of amides is 1. The first-order chi connectivity index (χ1) is 8.01. The molecule has 0 aliphatic carbocycles. The Morgan fingerprint density at radius 2 is 1.88 bits per heavy atom. The summed E-state index contributed by atoms with van der Waals surface area (Å²) >= 11 is 0. The largest absolute Gasteiger partial charge is 0.396 e. The molecular formula is C13H28N2O2. The van der Waals surface area contributed by atoms with E-state index in [2.05, 4.69) is 24.5 Å². The number of carbonyl (C=O) groups is 1. The highest BCUT2D eigenvalue weighted by atomic mass is 16.3. The number of carbonyl (C=O) groups excluding carboxylic acids is 1. The number of hydrogen-bond donors (Lipinski definition) is 3. The highest BCUT2D eigenvalue weighted by Gasteiger charge is 2.15. The Bertz CT molecular complexity index is 208. The quantitative estimate of drug-likeness (QED) is 0.567. The number of nitrogens with one attached hydrogen (secondary N) is 2. The van der Waals surface area contributed by atoms with E-state index in [4.69, 9.17) is 5.11 Å². The molecule has 0 heterocycles. The van der Waals surface area contributed by atoms with Crippen LogP contribution in [0, 0.1) is 17.8 Å². The lowest BCUT2D eigenvalue weighted by atomic mass is 9.94. The molecule has 0 spiro atoms. The standard InChI is InChI=1S/C13H28N2O2/c1-10(2)7-12(5-6-16)9-15-13(17)11(3)8-14-4/h10-12,14,16H,5-9H2,1-4H3,(H,15,17). The van der Waals surface area contributed by atoms with Crippen molar-refractivity contribution in [2.75, 3.05) is 26.7 Å². The van der Waals surface area contributed by atoms with E-state index in [1.54, 1.807) is 0 Å². The summed E-state index contributed by atoms with van der Waals surface area (Å²) in [5.74, 6) is 1.06. The average molecular weight is 244 g/mol. The van der Waals surface area contributed by atoms with E-state index in [0.29, 0.717) is 24.9 Å². The van der Waals surface area contributed by atoms with Crippen LogP contribution < -0.4 is 10.6 Å². The van der Waals surface area contributed by atoms with Gasteiger partial charge in [-0.3, -0.25) is 4.79 Å². The van der Waals surface area contributed by atoms with Gasteiger partial charge in [-0.2, -0.15) is 0 Å². The molecule has 17 heavy (non-hydrogen) atoms. The van der Waals surface area contributed by atoms with Gasteiger partial charge in [0.2, 0.25) is 5.91 Å². The first-order valence-corrected chi connectivity index (χ1v) is 6.54. The minimum atomic E-state index is -0.00572. The molecule has 1 amide bonds. The second-order valence-electron chi connectivity index (χ2n) is 5.21. The van der Waals surface area contributed by atoms with Crippen LogP contribution in [-0.2, 0) is 4.79 Å². The van der Waals surface area contributed by atoms with Crippen LogP contribution in [0.15, 0.2) is 0 Å². The molecule has 0 saturated carbocycles. The van der Waals surface area contributed by atoms with Gasteiger partial charge in [-0.05, 0) is 31.7 Å². The molecule has 0 aromatic heterocycles. The van der Waals surface area contributed by atoms with E-state index < -0.39 is 0 Å². The summed E-state index contributed by atoms with van der Waals surface area (Å²) < 4.78 is 0. The summed E-state index contributed by atoms with van der Waals surface area (Å²) in [4.78, 5) is 11.7. The van der Waals surface area contributed by atoms with E-state index >= 15 is 0 Å². The molecule has 0 aromatic carbocycles. The molecule has 0 aromatic rings. The zero-order chi connectivity index (χ0) is 13.3. The van der Waals surface area contributed by atoms with Crippen molar-refractivity contribution >= 4 is 5.91 Å². The van der Waals surface area contributed by atoms with Gasteiger partial charge in [0.15, 0.2) is 0 Å². The molecule has 102 valence electrons. The topological polar surface area (TPSA) is 61.4 Å². The van der Waals surface area contributed by atoms with Gasteiger partial charge >= 0.3 is 0 Å². The molecule has 0 bridgehead atoms. The van der Waals surface area contributed by atoms with Gasteiger partial charge in [0.1, 0.15) is 0 Å². The lowest BCUT2D eigenvalue weighted by Gasteiger charge is -2.20. The second kappa shape index (κ2) is 9.42. The highest BCUT2D eigenvalue weighted by molar-refractivity contribution is 5.78. The highest BCUT2D eigenvalue weighted by Crippen LogP contribution is 2.14. The van der Waals surface area contributed by atoms with Crippen LogP contribution in [0.3, 0.4) is 0 Å². The molecule has 2 atom stereocenters. The van der Waals surface area contributed by atoms with Crippen LogP contribution in [0.2, 0.25) is 0 Å². The fraction of sp³-hybridized carbons (Fsp3) is 0.923. The lowest BCUT2D eigenvalue weighted by molar-refractivity contribution is -0.124. The van der Waals surface area contributed by atoms with Crippen molar-refractivity contribution in [1.82, 2.24) is 10.6 Å². The Morgan fingerprint density at radius 3 is 2.35 bits per heavy atom. The fourth-order valence-electron chi connectivity index (χ4n) is 1.97. The summed E-state index contributed by atoms with van der Waals surface area (Å²) in [5, 5.41) is 14.9. The molecule has 4 heteroatoms. The van der Waals surface area contributed by atoms with Crippen LogP contribution >= 0.6 is 0 Å². The summed E-state index contributed by atoms with van der Waals surface area (Å²) in [7, 11) is 1.84. The fourth-order valence-corrected chi connectivity index (χ4v) is 1.97. The Hall–Kier alpha value is -0.610. The van der Waals surface area contributed by atoms with E-state index in [1.807, 2.05) is 14.0 Å². The molecule has 2 unspecified atom stereocenters. The van der Waals surface area contributed by atoms with Crippen molar-refractivity contribution < 1.29 is 9.90 Å². The third-order valence-electron chi connectivity index (χ3n) is 2.86. The first-order valence-electron chi connectivity index (χ1n) is 6.54. The van der Waals surface area contributed by atoms with Gasteiger partial charge in [-0.25, -0.2) is 0 Å². The maximum Gasteiger partial charge on any atom is 0.224 e. The Labute approximate surface area is 105 Å². The molecule has 0 saturated heterocycles. The van der Waals surface area contributed by atoms with Crippen LogP contribution in [0.1, 0.15) is 33.6 Å². The zero-order valence-electron chi connectivity index (χ0n) is 11.6. The molecule has 4 nitrogen and oxygen atoms in total. The van der Waals surface area contributed by atoms with Gasteiger partial charge in [-0.1, -0.05) is 20.8 Å². The Kier molecular flexibility index (Phi) is 9.09. The smallest absolute Gasteiger partial charge is 0.224 e. The van der Waals surface area contributed by atoms with E-state index in [0.717, 1.165) is 12.8 Å². The van der Waals surface area contributed by atoms with Crippen LogP contribution in [0.4, 0.5) is 0 Å². The second-order valence-corrected chi connectivity index (χ2v) is 5.21. The van der Waals surface area contributed by atoms with Crippen LogP contribution in [0.5, 0.6) is 0 Å². The van der Waals surface area contributed by atoms with Crippen molar-refractivity contribution in [3.05, 3.63) is 0 Å². The molecule has 0 aliphatic heterocycles. The van der Waals surface area contributed by atoms with Gasteiger partial charge in [0.25, 0.3) is 0 Å². The van der Waals surface area contributed by atoms with Crippen molar-refractivity contribution in [3.63, 3.8) is 0 Å². The zero-order valence-corrected chi connectivity index (χ0v) is 11.6. The summed E-state index contributed by atoms with van der Waals surface area (Å²) in [5.41, 5.74) is 0. The summed E-state index contributed by atoms with van der Waals surface area (Å²) in [6.45, 7) is 7.80. The maximum atomic E-state index is 11.7. The van der Waals surface area contributed by atoms with E-state index in [1.165, 1.54) is 0 Å². The molecule has 3 N–H and O–H groups in total. The van der Waals surface area contributed by atoms with Crippen molar-refractivity contribution in [1.29, 1.82) is 0 Å². The monoisotopic (exact) mass is 244 g/mol. The SMILES string of the molecule is CNCC(C)C(=O)NCC(CCO)CC(C)C. The molecule has 0 radical (unpaired) electrons. The predicted molar refractivity (Wildman–Crippen MR) is 70.7 cm³/mol. The third kappa shape index (κ3) is 8.16. The average Bonchev–Trinajstić information content (AvgIpc) is 2.25. The Morgan fingerprint density at radius 1 is 1.24 bits per heavy atom. The van der Waals surface area contributed by atoms with Gasteiger partial charge < -0.3 is 15.7 Å². The molecule has 0 fully saturated rings. The molecule has 0 rings (SSSR count). The van der Waals surface area contributed by atoms with Gasteiger partial charge in [0.05, 0.1) is 0 Å². The Balaban J connectivity index is 3.98. The minimum Gasteiger partial charge on any atom is -0.396 e. The maximum absolute atomic E-state index is 11.7. The van der Waals surface area contributed by atoms with E-state index in [-0.39, 0.29) is 18.4 Å². The predicted octanol–water partition coefficient (Wildman–Crippen LogP) is 1.00. The van der Waals surface area contributed by atoms with Crippen LogP contribution in [0.25, 0.3) is 0 Å².